The van der Waals surface area contributed by atoms with E-state index in [4.69, 9.17) is 4.74 Å². The minimum atomic E-state index is -0.314. The molecule has 1 N–H and O–H groups in total. The lowest BCUT2D eigenvalue weighted by molar-refractivity contribution is -0.141. The quantitative estimate of drug-likeness (QED) is 0.676. The zero-order chi connectivity index (χ0) is 21.0. The van der Waals surface area contributed by atoms with Crippen LogP contribution < -0.4 is 10.9 Å². The van der Waals surface area contributed by atoms with Crippen molar-refractivity contribution in [1.29, 1.82) is 0 Å². The summed E-state index contributed by atoms with van der Waals surface area (Å²) in [4.78, 5) is 41.5. The maximum Gasteiger partial charge on any atom is 0.319 e. The minimum absolute atomic E-state index is 0.0292. The third-order valence-electron chi connectivity index (χ3n) is 7.44. The maximum atomic E-state index is 13.1. The van der Waals surface area contributed by atoms with Gasteiger partial charge in [0.25, 0.3) is 5.56 Å². The second-order valence-corrected chi connectivity index (χ2v) is 9.50. The number of hydrogen-bond acceptors (Lipinski definition) is 6. The molecule has 8 heteroatoms. The number of amides is 1. The molecule has 1 saturated carbocycles. The lowest BCUT2D eigenvalue weighted by Gasteiger charge is -2.43. The van der Waals surface area contributed by atoms with E-state index < -0.39 is 0 Å². The molecule has 1 aromatic heterocycles. The van der Waals surface area contributed by atoms with Crippen LogP contribution in [0.5, 0.6) is 0 Å². The molecule has 162 valence electrons. The van der Waals surface area contributed by atoms with Crippen molar-refractivity contribution in [2.24, 2.45) is 23.7 Å². The van der Waals surface area contributed by atoms with Gasteiger partial charge in [-0.3, -0.25) is 19.3 Å². The molecule has 0 spiro atoms. The second kappa shape index (κ2) is 7.50. The van der Waals surface area contributed by atoms with E-state index in [9.17, 15) is 14.4 Å². The van der Waals surface area contributed by atoms with E-state index in [1.54, 1.807) is 4.90 Å². The molecule has 1 aliphatic carbocycles. The molecule has 3 aliphatic heterocycles. The molecule has 2 bridgehead atoms. The van der Waals surface area contributed by atoms with Crippen molar-refractivity contribution in [1.82, 2.24) is 19.7 Å². The third kappa shape index (κ3) is 3.36. The van der Waals surface area contributed by atoms with E-state index in [0.29, 0.717) is 42.3 Å². The number of methoxy groups -OCH3 is 1. The van der Waals surface area contributed by atoms with Gasteiger partial charge in [-0.2, -0.15) is 0 Å². The highest BCUT2D eigenvalue weighted by molar-refractivity contribution is 5.83. The summed E-state index contributed by atoms with van der Waals surface area (Å²) >= 11 is 0. The first-order chi connectivity index (χ1) is 14.5. The van der Waals surface area contributed by atoms with E-state index in [-0.39, 0.29) is 29.9 Å². The lowest BCUT2D eigenvalue weighted by Crippen LogP contribution is -2.50. The molecule has 1 amide bonds. The van der Waals surface area contributed by atoms with E-state index in [1.807, 2.05) is 23.7 Å². The average molecular weight is 415 g/mol. The molecule has 4 heterocycles. The van der Waals surface area contributed by atoms with E-state index >= 15 is 0 Å². The Labute approximate surface area is 176 Å². The second-order valence-electron chi connectivity index (χ2n) is 9.50. The van der Waals surface area contributed by atoms with Crippen molar-refractivity contribution in [2.45, 2.75) is 25.4 Å². The summed E-state index contributed by atoms with van der Waals surface area (Å²) in [7, 11) is 3.17. The van der Waals surface area contributed by atoms with Gasteiger partial charge in [0.2, 0.25) is 5.91 Å². The third-order valence-corrected chi connectivity index (χ3v) is 7.44. The van der Waals surface area contributed by atoms with Gasteiger partial charge in [-0.1, -0.05) is 6.07 Å². The number of hydrogen-bond donors (Lipinski definition) is 1. The normalized spacial score (nSPS) is 31.3. The lowest BCUT2D eigenvalue weighted by atomic mass is 9.82. The number of rotatable bonds is 5. The number of likely N-dealkylation sites (N-methyl/N-ethyl adjacent to an activating group) is 1. The Morgan fingerprint density at radius 1 is 1.20 bits per heavy atom. The Balaban J connectivity index is 1.31. The maximum absolute atomic E-state index is 13.1. The largest absolute Gasteiger partial charge is 0.468 e. The van der Waals surface area contributed by atoms with E-state index in [0.717, 1.165) is 38.3 Å². The predicted octanol–water partition coefficient (Wildman–Crippen LogP) is -0.136. The number of ether oxygens (including phenoxy) is 1. The summed E-state index contributed by atoms with van der Waals surface area (Å²) in [5.74, 6) is 1.88. The van der Waals surface area contributed by atoms with Gasteiger partial charge in [0.05, 0.1) is 13.7 Å². The molecular weight excluding hydrogens is 384 g/mol. The smallest absolute Gasteiger partial charge is 0.319 e. The zero-order valence-electron chi connectivity index (χ0n) is 17.7. The van der Waals surface area contributed by atoms with E-state index in [1.165, 1.54) is 7.11 Å². The molecule has 8 nitrogen and oxygen atoms in total. The first-order valence-electron chi connectivity index (χ1n) is 10.9. The molecule has 0 radical (unpaired) electrons. The van der Waals surface area contributed by atoms with Crippen LogP contribution in [0.25, 0.3) is 0 Å². The van der Waals surface area contributed by atoms with Crippen LogP contribution in [-0.2, 0) is 27.4 Å². The fourth-order valence-corrected chi connectivity index (χ4v) is 5.92. The summed E-state index contributed by atoms with van der Waals surface area (Å²) in [6.45, 7) is 4.67. The number of aromatic nitrogens is 1. The van der Waals surface area contributed by atoms with Gasteiger partial charge in [-0.15, -0.1) is 0 Å². The van der Waals surface area contributed by atoms with Crippen molar-refractivity contribution in [3.63, 3.8) is 0 Å². The van der Waals surface area contributed by atoms with Crippen molar-refractivity contribution in [3.05, 3.63) is 33.7 Å². The van der Waals surface area contributed by atoms with Gasteiger partial charge in [-0.05, 0) is 50.4 Å². The van der Waals surface area contributed by atoms with Crippen molar-refractivity contribution in [2.75, 3.05) is 46.9 Å². The molecule has 3 fully saturated rings. The summed E-state index contributed by atoms with van der Waals surface area (Å²) in [6, 6.07) is 3.94. The van der Waals surface area contributed by atoms with Crippen LogP contribution >= 0.6 is 0 Å². The van der Waals surface area contributed by atoms with Crippen molar-refractivity contribution < 1.29 is 14.3 Å². The SMILES string of the molecule is COC(=O)CN(C)Cc1ccc2n(c1=O)C[C@H]1C[C@@H]2CN(C(=O)C2[C@H]3CNC[C@@H]23)C1. The zero-order valence-corrected chi connectivity index (χ0v) is 17.7. The number of likely N-dealkylation sites (tertiary alicyclic amines) is 1. The van der Waals surface area contributed by atoms with Crippen LogP contribution in [0.4, 0.5) is 0 Å². The minimum Gasteiger partial charge on any atom is -0.468 e. The van der Waals surface area contributed by atoms with Gasteiger partial charge in [0, 0.05) is 49.3 Å². The molecule has 2 saturated heterocycles. The van der Waals surface area contributed by atoms with Crippen LogP contribution in [0, 0.1) is 23.7 Å². The van der Waals surface area contributed by atoms with Crippen LogP contribution in [0.1, 0.15) is 23.6 Å². The van der Waals surface area contributed by atoms with E-state index in [2.05, 4.69) is 10.2 Å². The van der Waals surface area contributed by atoms with Gasteiger partial charge >= 0.3 is 5.97 Å². The van der Waals surface area contributed by atoms with Gasteiger partial charge in [0.1, 0.15) is 0 Å². The number of pyridine rings is 1. The van der Waals surface area contributed by atoms with Gasteiger partial charge < -0.3 is 19.5 Å². The Hall–Kier alpha value is -2.19. The Morgan fingerprint density at radius 3 is 2.70 bits per heavy atom. The molecule has 5 rings (SSSR count). The molecule has 1 unspecified atom stereocenters. The summed E-state index contributed by atoms with van der Waals surface area (Å²) in [5.41, 5.74) is 1.77. The fourth-order valence-electron chi connectivity index (χ4n) is 5.92. The Morgan fingerprint density at radius 2 is 1.97 bits per heavy atom. The molecule has 0 aromatic carbocycles. The fraction of sp³-hybridized carbons (Fsp3) is 0.682. The number of piperidine rings is 2. The number of esters is 1. The van der Waals surface area contributed by atoms with Crippen LogP contribution in [0.3, 0.4) is 0 Å². The molecule has 4 aliphatic rings. The summed E-state index contributed by atoms with van der Waals surface area (Å²) in [6.07, 6.45) is 1.05. The number of fused-ring (bicyclic) bond motifs is 5. The molecular formula is C22H30N4O4. The van der Waals surface area contributed by atoms with Crippen LogP contribution in [0.15, 0.2) is 16.9 Å². The number of carbonyl (C=O) groups excluding carboxylic acids is 2. The Kier molecular flexibility index (Phi) is 4.94. The monoisotopic (exact) mass is 414 g/mol. The van der Waals surface area contributed by atoms with Crippen LogP contribution in [0.2, 0.25) is 0 Å². The summed E-state index contributed by atoms with van der Waals surface area (Å²) in [5, 5.41) is 3.36. The number of nitrogens with zero attached hydrogens (tertiary/aromatic N) is 3. The van der Waals surface area contributed by atoms with Gasteiger partial charge in [0.15, 0.2) is 0 Å². The molecule has 30 heavy (non-hydrogen) atoms. The number of carbonyl (C=O) groups is 2. The standard InChI is InChI=1S/C22H30N4O4/c1-24(12-19(27)30-2)10-14-3-4-18-15-5-13(9-26(18)21(14)28)8-25(11-15)22(29)20-16-6-23-7-17(16)20/h3-4,13,15-17,20,23H,5-12H2,1-2H3/t13-,15+,16-,17+,20?/m0/s1. The highest BCUT2D eigenvalue weighted by atomic mass is 16.5. The first kappa shape index (κ1) is 19.8. The highest BCUT2D eigenvalue weighted by Crippen LogP contribution is 2.50. The molecule has 5 atom stereocenters. The first-order valence-corrected chi connectivity index (χ1v) is 10.9. The highest BCUT2D eigenvalue weighted by Gasteiger charge is 2.58. The van der Waals surface area contributed by atoms with Crippen molar-refractivity contribution in [3.8, 4) is 0 Å². The van der Waals surface area contributed by atoms with Gasteiger partial charge in [-0.25, -0.2) is 0 Å². The van der Waals surface area contributed by atoms with Crippen LogP contribution in [-0.4, -0.2) is 73.1 Å². The topological polar surface area (TPSA) is 83.9 Å². The molecule has 1 aromatic rings. The van der Waals surface area contributed by atoms with Crippen molar-refractivity contribution >= 4 is 11.9 Å². The Bertz CT molecular complexity index is 918. The number of nitrogens with one attached hydrogen (secondary N) is 1. The average Bonchev–Trinajstić information content (AvgIpc) is 3.20. The predicted molar refractivity (Wildman–Crippen MR) is 110 cm³/mol. The summed E-state index contributed by atoms with van der Waals surface area (Å²) < 4.78 is 6.62.